The Kier molecular flexibility index (Phi) is 4.75. The highest BCUT2D eigenvalue weighted by atomic mass is 16.2. The number of carbonyl (C=O) groups is 1. The van der Waals surface area contributed by atoms with Gasteiger partial charge in [-0.1, -0.05) is 26.0 Å². The SMILES string of the molecule is CC(C)c1cc(C2CCN(C(=O)c3ccc(-c4ncn[nH]4)cc3)CC2)[nH]n1. The van der Waals surface area contributed by atoms with E-state index in [0.717, 1.165) is 37.2 Å². The lowest BCUT2D eigenvalue weighted by molar-refractivity contribution is 0.0712. The van der Waals surface area contributed by atoms with Gasteiger partial charge < -0.3 is 4.90 Å². The Labute approximate surface area is 158 Å². The molecule has 0 atom stereocenters. The van der Waals surface area contributed by atoms with E-state index in [1.54, 1.807) is 0 Å². The van der Waals surface area contributed by atoms with Crippen molar-refractivity contribution >= 4 is 5.91 Å². The van der Waals surface area contributed by atoms with Crippen molar-refractivity contribution in [1.82, 2.24) is 30.3 Å². The summed E-state index contributed by atoms with van der Waals surface area (Å²) in [4.78, 5) is 18.9. The monoisotopic (exact) mass is 364 g/mol. The smallest absolute Gasteiger partial charge is 0.253 e. The van der Waals surface area contributed by atoms with Crippen molar-refractivity contribution < 1.29 is 4.79 Å². The summed E-state index contributed by atoms with van der Waals surface area (Å²) >= 11 is 0. The summed E-state index contributed by atoms with van der Waals surface area (Å²) in [6.07, 6.45) is 3.39. The van der Waals surface area contributed by atoms with Gasteiger partial charge in [0.1, 0.15) is 6.33 Å². The van der Waals surface area contributed by atoms with Crippen LogP contribution in [0.5, 0.6) is 0 Å². The molecule has 1 fully saturated rings. The van der Waals surface area contributed by atoms with E-state index in [1.807, 2.05) is 29.2 Å². The van der Waals surface area contributed by atoms with Crippen molar-refractivity contribution in [3.63, 3.8) is 0 Å². The molecule has 7 nitrogen and oxygen atoms in total. The standard InChI is InChI=1S/C20H24N6O/c1-13(2)17-11-18(24-23-17)14-7-9-26(10-8-14)20(27)16-5-3-15(4-6-16)19-21-12-22-25-19/h3-6,11-14H,7-10H2,1-2H3,(H,23,24)(H,21,22,25). The van der Waals surface area contributed by atoms with Gasteiger partial charge in [0.25, 0.3) is 5.91 Å². The molecule has 0 unspecified atom stereocenters. The van der Waals surface area contributed by atoms with Gasteiger partial charge >= 0.3 is 0 Å². The number of nitrogens with zero attached hydrogens (tertiary/aromatic N) is 4. The highest BCUT2D eigenvalue weighted by molar-refractivity contribution is 5.94. The van der Waals surface area contributed by atoms with Crippen molar-refractivity contribution in [3.8, 4) is 11.4 Å². The van der Waals surface area contributed by atoms with Crippen LogP contribution in [-0.2, 0) is 0 Å². The highest BCUT2D eigenvalue weighted by Crippen LogP contribution is 2.29. The minimum atomic E-state index is 0.0880. The first-order valence-corrected chi connectivity index (χ1v) is 9.42. The minimum absolute atomic E-state index is 0.0880. The van der Waals surface area contributed by atoms with E-state index in [9.17, 15) is 4.79 Å². The molecular formula is C20H24N6O. The quantitative estimate of drug-likeness (QED) is 0.743. The number of benzene rings is 1. The first-order chi connectivity index (χ1) is 13.1. The summed E-state index contributed by atoms with van der Waals surface area (Å²) in [6.45, 7) is 5.83. The Morgan fingerprint density at radius 3 is 2.48 bits per heavy atom. The van der Waals surface area contributed by atoms with Gasteiger partial charge in [0, 0.05) is 35.8 Å². The Bertz CT molecular complexity index is 889. The summed E-state index contributed by atoms with van der Waals surface area (Å²) in [6, 6.07) is 9.69. The molecule has 3 heterocycles. The third-order valence-corrected chi connectivity index (χ3v) is 5.25. The first kappa shape index (κ1) is 17.5. The third-order valence-electron chi connectivity index (χ3n) is 5.25. The Hall–Kier alpha value is -2.96. The number of H-pyrrole nitrogens is 2. The minimum Gasteiger partial charge on any atom is -0.339 e. The highest BCUT2D eigenvalue weighted by Gasteiger charge is 2.26. The van der Waals surface area contributed by atoms with Gasteiger partial charge in [0.2, 0.25) is 0 Å². The van der Waals surface area contributed by atoms with E-state index in [4.69, 9.17) is 0 Å². The summed E-state index contributed by atoms with van der Waals surface area (Å²) in [5, 5.41) is 14.3. The number of amides is 1. The molecule has 0 saturated carbocycles. The number of likely N-dealkylation sites (tertiary alicyclic amines) is 1. The molecule has 0 aliphatic carbocycles. The molecule has 1 aliphatic heterocycles. The molecule has 2 N–H and O–H groups in total. The predicted octanol–water partition coefficient (Wildman–Crippen LogP) is 3.34. The number of rotatable bonds is 4. The summed E-state index contributed by atoms with van der Waals surface area (Å²) in [5.41, 5.74) is 3.93. The fraction of sp³-hybridized carbons (Fsp3) is 0.400. The van der Waals surface area contributed by atoms with Crippen LogP contribution in [0.15, 0.2) is 36.7 Å². The average molecular weight is 364 g/mol. The summed E-state index contributed by atoms with van der Waals surface area (Å²) in [5.74, 6) is 1.67. The zero-order valence-corrected chi connectivity index (χ0v) is 15.6. The molecule has 27 heavy (non-hydrogen) atoms. The van der Waals surface area contributed by atoms with Crippen molar-refractivity contribution in [3.05, 3.63) is 53.6 Å². The molecule has 140 valence electrons. The van der Waals surface area contributed by atoms with Crippen LogP contribution in [0.3, 0.4) is 0 Å². The van der Waals surface area contributed by atoms with Gasteiger partial charge in [0.15, 0.2) is 5.82 Å². The molecule has 0 bridgehead atoms. The molecule has 7 heteroatoms. The van der Waals surface area contributed by atoms with E-state index in [2.05, 4.69) is 45.3 Å². The van der Waals surface area contributed by atoms with Gasteiger partial charge in [0.05, 0.1) is 5.69 Å². The van der Waals surface area contributed by atoms with Crippen LogP contribution in [0, 0.1) is 0 Å². The maximum absolute atomic E-state index is 12.8. The number of aromatic nitrogens is 5. The van der Waals surface area contributed by atoms with Crippen LogP contribution in [0.1, 0.15) is 60.3 Å². The molecule has 0 radical (unpaired) electrons. The Morgan fingerprint density at radius 2 is 1.89 bits per heavy atom. The molecule has 0 spiro atoms. The van der Waals surface area contributed by atoms with E-state index >= 15 is 0 Å². The lowest BCUT2D eigenvalue weighted by atomic mass is 9.92. The molecule has 3 aromatic rings. The number of carbonyl (C=O) groups excluding carboxylic acids is 1. The molecule has 4 rings (SSSR count). The maximum atomic E-state index is 12.8. The molecule has 2 aromatic heterocycles. The molecule has 1 amide bonds. The van der Waals surface area contributed by atoms with E-state index in [-0.39, 0.29) is 5.91 Å². The Morgan fingerprint density at radius 1 is 1.15 bits per heavy atom. The van der Waals surface area contributed by atoms with E-state index in [1.165, 1.54) is 12.0 Å². The van der Waals surface area contributed by atoms with Gasteiger partial charge in [-0.15, -0.1) is 0 Å². The number of piperidine rings is 1. The van der Waals surface area contributed by atoms with Gasteiger partial charge in [-0.25, -0.2) is 4.98 Å². The second kappa shape index (κ2) is 7.34. The lowest BCUT2D eigenvalue weighted by Gasteiger charge is -2.31. The fourth-order valence-electron chi connectivity index (χ4n) is 3.55. The maximum Gasteiger partial charge on any atom is 0.253 e. The normalized spacial score (nSPS) is 15.4. The van der Waals surface area contributed by atoms with Crippen molar-refractivity contribution in [2.45, 2.75) is 38.5 Å². The topological polar surface area (TPSA) is 90.6 Å². The second-order valence-electron chi connectivity index (χ2n) is 7.38. The second-order valence-corrected chi connectivity index (χ2v) is 7.38. The van der Waals surface area contributed by atoms with Crippen molar-refractivity contribution in [2.75, 3.05) is 13.1 Å². The van der Waals surface area contributed by atoms with Crippen molar-refractivity contribution in [2.24, 2.45) is 0 Å². The molecular weight excluding hydrogens is 340 g/mol. The van der Waals surface area contributed by atoms with Crippen LogP contribution in [0.4, 0.5) is 0 Å². The lowest BCUT2D eigenvalue weighted by Crippen LogP contribution is -2.38. The zero-order chi connectivity index (χ0) is 18.8. The van der Waals surface area contributed by atoms with Crippen LogP contribution in [0.2, 0.25) is 0 Å². The van der Waals surface area contributed by atoms with Crippen LogP contribution in [-0.4, -0.2) is 49.3 Å². The number of nitrogens with one attached hydrogen (secondary N) is 2. The number of hydrogen-bond donors (Lipinski definition) is 2. The number of hydrogen-bond acceptors (Lipinski definition) is 4. The van der Waals surface area contributed by atoms with Crippen molar-refractivity contribution in [1.29, 1.82) is 0 Å². The Balaban J connectivity index is 1.38. The van der Waals surface area contributed by atoms with Crippen LogP contribution >= 0.6 is 0 Å². The van der Waals surface area contributed by atoms with Crippen LogP contribution < -0.4 is 0 Å². The van der Waals surface area contributed by atoms with E-state index in [0.29, 0.717) is 23.2 Å². The van der Waals surface area contributed by atoms with Gasteiger partial charge in [-0.2, -0.15) is 10.2 Å². The molecule has 1 aromatic carbocycles. The van der Waals surface area contributed by atoms with Crippen LogP contribution in [0.25, 0.3) is 11.4 Å². The van der Waals surface area contributed by atoms with E-state index < -0.39 is 0 Å². The fourth-order valence-corrected chi connectivity index (χ4v) is 3.55. The van der Waals surface area contributed by atoms with Gasteiger partial charge in [-0.3, -0.25) is 15.0 Å². The number of aromatic amines is 2. The summed E-state index contributed by atoms with van der Waals surface area (Å²) < 4.78 is 0. The summed E-state index contributed by atoms with van der Waals surface area (Å²) in [7, 11) is 0. The molecule has 1 aliphatic rings. The molecule has 1 saturated heterocycles. The largest absolute Gasteiger partial charge is 0.339 e. The first-order valence-electron chi connectivity index (χ1n) is 9.42. The predicted molar refractivity (Wildman–Crippen MR) is 102 cm³/mol. The van der Waals surface area contributed by atoms with Gasteiger partial charge in [-0.05, 0) is 37.0 Å². The zero-order valence-electron chi connectivity index (χ0n) is 15.6. The third kappa shape index (κ3) is 3.63. The average Bonchev–Trinajstić information content (AvgIpc) is 3.40.